The zero-order chi connectivity index (χ0) is 31.4. The first kappa shape index (κ1) is 34.2. The number of ether oxygens (including phenoxy) is 5. The monoisotopic (exact) mass is 608 g/mol. The number of aliphatic imine (C=N–C) groups is 2. The Morgan fingerprint density at radius 1 is 1.05 bits per heavy atom. The van der Waals surface area contributed by atoms with Crippen LogP contribution < -0.4 is 0 Å². The first-order valence-electron chi connectivity index (χ1n) is 12.8. The predicted octanol–water partition coefficient (Wildman–Crippen LogP) is 2.43. The van der Waals surface area contributed by atoms with E-state index in [9.17, 15) is 19.2 Å². The first-order chi connectivity index (χ1) is 19.9. The van der Waals surface area contributed by atoms with E-state index in [-0.39, 0.29) is 19.9 Å². The summed E-state index contributed by atoms with van der Waals surface area (Å²) in [4.78, 5) is 66.8. The Morgan fingerprint density at radius 2 is 1.74 bits per heavy atom. The molecule has 0 aliphatic heterocycles. The van der Waals surface area contributed by atoms with Crippen molar-refractivity contribution in [3.05, 3.63) is 6.20 Å². The van der Waals surface area contributed by atoms with Gasteiger partial charge in [0.1, 0.15) is 31.8 Å². The summed E-state index contributed by atoms with van der Waals surface area (Å²) in [5.41, 5.74) is 0.682. The summed E-state index contributed by atoms with van der Waals surface area (Å²) in [6.45, 7) is 6.50. The smallest absolute Gasteiger partial charge is 0.349 e. The molecule has 0 fully saturated rings. The van der Waals surface area contributed by atoms with Crippen LogP contribution in [0.15, 0.2) is 21.3 Å². The SMILES string of the molecule is CCOC(=O)/C=N/c1cn(CO[C@H](COC(C)=O)[C@@H](OC(C)=O)C(C)OC(C)=O)c2nc(SC)nc(/N=C/N(C)C)c12. The van der Waals surface area contributed by atoms with Gasteiger partial charge in [-0.3, -0.25) is 14.4 Å². The standard InChI is InChI=1S/C26H36N6O9S/c1-9-37-21(36)10-27-19-11-32(25-22(19)24(28-13-31(6)7)29-26(30-25)42-8)14-39-20(12-38-16(3)33)23(41-18(5)35)15(2)40-17(4)34/h10-11,13,15,20,23H,9,12,14H2,1-8H3/b27-10+,28-13+/t15?,20-,23+/m1/s1. The van der Waals surface area contributed by atoms with Crippen LogP contribution in [-0.4, -0.2) is 108 Å². The second-order valence-electron chi connectivity index (χ2n) is 8.96. The van der Waals surface area contributed by atoms with Gasteiger partial charge in [0.15, 0.2) is 22.7 Å². The van der Waals surface area contributed by atoms with Crippen molar-refractivity contribution in [1.29, 1.82) is 0 Å². The van der Waals surface area contributed by atoms with E-state index in [1.54, 1.807) is 49.3 Å². The van der Waals surface area contributed by atoms with Crippen LogP contribution in [0.1, 0.15) is 34.6 Å². The number of carbonyl (C=O) groups is 4. The zero-order valence-electron chi connectivity index (χ0n) is 24.9. The molecule has 0 aromatic carbocycles. The molecule has 2 aromatic heterocycles. The maximum absolute atomic E-state index is 12.0. The van der Waals surface area contributed by atoms with Gasteiger partial charge in [-0.15, -0.1) is 0 Å². The highest BCUT2D eigenvalue weighted by Crippen LogP contribution is 2.35. The summed E-state index contributed by atoms with van der Waals surface area (Å²) in [6.07, 6.45) is 2.87. The zero-order valence-corrected chi connectivity index (χ0v) is 25.7. The van der Waals surface area contributed by atoms with E-state index in [0.29, 0.717) is 27.7 Å². The van der Waals surface area contributed by atoms with Crippen LogP contribution in [-0.2, 0) is 49.6 Å². The Bertz CT molecular complexity index is 1330. The lowest BCUT2D eigenvalue weighted by molar-refractivity contribution is -0.186. The topological polar surface area (TPSA) is 173 Å². The lowest BCUT2D eigenvalue weighted by Gasteiger charge is -2.30. The van der Waals surface area contributed by atoms with E-state index in [1.807, 2.05) is 0 Å². The summed E-state index contributed by atoms with van der Waals surface area (Å²) in [5, 5.41) is 0.836. The van der Waals surface area contributed by atoms with Crippen LogP contribution in [0.2, 0.25) is 0 Å². The van der Waals surface area contributed by atoms with E-state index >= 15 is 0 Å². The van der Waals surface area contributed by atoms with Crippen molar-refractivity contribution >= 4 is 70.7 Å². The summed E-state index contributed by atoms with van der Waals surface area (Å²) >= 11 is 1.29. The van der Waals surface area contributed by atoms with Crippen LogP contribution in [0.3, 0.4) is 0 Å². The van der Waals surface area contributed by atoms with Crippen LogP contribution in [0.4, 0.5) is 11.5 Å². The first-order valence-corrected chi connectivity index (χ1v) is 14.0. The average Bonchev–Trinajstić information content (AvgIpc) is 3.26. The number of thioether (sulfide) groups is 1. The van der Waals surface area contributed by atoms with Crippen molar-refractivity contribution < 1.29 is 42.9 Å². The van der Waals surface area contributed by atoms with Gasteiger partial charge in [0.05, 0.1) is 24.0 Å². The van der Waals surface area contributed by atoms with Crippen LogP contribution in [0.25, 0.3) is 11.0 Å². The average molecular weight is 609 g/mol. The maximum atomic E-state index is 12.0. The number of fused-ring (bicyclic) bond motifs is 1. The van der Waals surface area contributed by atoms with Crippen molar-refractivity contribution in [2.75, 3.05) is 33.6 Å². The van der Waals surface area contributed by atoms with Gasteiger partial charge >= 0.3 is 23.9 Å². The highest BCUT2D eigenvalue weighted by Gasteiger charge is 2.34. The third-order valence-corrected chi connectivity index (χ3v) is 5.76. The summed E-state index contributed by atoms with van der Waals surface area (Å²) in [7, 11) is 3.60. The Hall–Kier alpha value is -4.05. The van der Waals surface area contributed by atoms with Crippen molar-refractivity contribution in [3.8, 4) is 0 Å². The van der Waals surface area contributed by atoms with E-state index in [2.05, 4.69) is 20.0 Å². The highest BCUT2D eigenvalue weighted by atomic mass is 32.2. The molecular weight excluding hydrogens is 572 g/mol. The number of carbonyl (C=O) groups excluding carboxylic acids is 4. The number of rotatable bonds is 15. The number of aromatic nitrogens is 3. The Kier molecular flexibility index (Phi) is 13.3. The molecule has 2 rings (SSSR count). The molecule has 2 aromatic rings. The predicted molar refractivity (Wildman–Crippen MR) is 154 cm³/mol. The fraction of sp³-hybridized carbons (Fsp3) is 0.538. The molecular formula is C26H36N6O9S. The third-order valence-electron chi connectivity index (χ3n) is 5.21. The fourth-order valence-corrected chi connectivity index (χ4v) is 3.94. The van der Waals surface area contributed by atoms with E-state index in [0.717, 1.165) is 6.21 Å². The van der Waals surface area contributed by atoms with Gasteiger partial charge in [-0.2, -0.15) is 0 Å². The lowest BCUT2D eigenvalue weighted by atomic mass is 10.1. The van der Waals surface area contributed by atoms with E-state index in [1.165, 1.54) is 39.5 Å². The molecule has 0 N–H and O–H groups in total. The molecule has 0 aliphatic rings. The number of esters is 4. The second kappa shape index (κ2) is 16.4. The van der Waals surface area contributed by atoms with Gasteiger partial charge in [-0.25, -0.2) is 24.7 Å². The molecule has 0 bridgehead atoms. The molecule has 42 heavy (non-hydrogen) atoms. The molecule has 0 saturated heterocycles. The Morgan fingerprint density at radius 3 is 2.31 bits per heavy atom. The highest BCUT2D eigenvalue weighted by molar-refractivity contribution is 7.98. The van der Waals surface area contributed by atoms with Gasteiger partial charge in [-0.1, -0.05) is 11.8 Å². The number of nitrogens with zero attached hydrogens (tertiary/aromatic N) is 6. The third kappa shape index (κ3) is 10.4. The van der Waals surface area contributed by atoms with E-state index < -0.39 is 42.2 Å². The maximum Gasteiger partial charge on any atom is 0.349 e. The van der Waals surface area contributed by atoms with Gasteiger partial charge < -0.3 is 33.2 Å². The van der Waals surface area contributed by atoms with E-state index in [4.69, 9.17) is 23.7 Å². The molecule has 0 saturated carbocycles. The quantitative estimate of drug-likeness (QED) is 0.0721. The molecule has 15 nitrogen and oxygen atoms in total. The molecule has 0 amide bonds. The van der Waals surface area contributed by atoms with Crippen molar-refractivity contribution in [2.45, 2.75) is 64.8 Å². The molecule has 0 radical (unpaired) electrons. The van der Waals surface area contributed by atoms with Crippen molar-refractivity contribution in [1.82, 2.24) is 19.4 Å². The lowest BCUT2D eigenvalue weighted by Crippen LogP contribution is -2.45. The van der Waals surface area contributed by atoms with Gasteiger partial charge in [0.2, 0.25) is 0 Å². The molecule has 3 atom stereocenters. The van der Waals surface area contributed by atoms with Gasteiger partial charge in [-0.05, 0) is 20.1 Å². The van der Waals surface area contributed by atoms with Gasteiger partial charge in [0.25, 0.3) is 0 Å². The van der Waals surface area contributed by atoms with Crippen LogP contribution >= 0.6 is 11.8 Å². The fourth-order valence-electron chi connectivity index (χ4n) is 3.59. The molecule has 0 spiro atoms. The Labute approximate surface area is 247 Å². The minimum atomic E-state index is -1.12. The molecule has 2 heterocycles. The van der Waals surface area contributed by atoms with Gasteiger partial charge in [0, 0.05) is 41.1 Å². The Balaban J connectivity index is 2.62. The second-order valence-corrected chi connectivity index (χ2v) is 9.73. The summed E-state index contributed by atoms with van der Waals surface area (Å²) in [5.74, 6) is -2.19. The molecule has 1 unspecified atom stereocenters. The summed E-state index contributed by atoms with van der Waals surface area (Å²) in [6, 6.07) is 0. The van der Waals surface area contributed by atoms with Crippen molar-refractivity contribution in [2.24, 2.45) is 9.98 Å². The minimum Gasteiger partial charge on any atom is -0.463 e. The van der Waals surface area contributed by atoms with Crippen molar-refractivity contribution in [3.63, 3.8) is 0 Å². The molecule has 0 aliphatic carbocycles. The number of hydrogen-bond donors (Lipinski definition) is 0. The normalized spacial score (nSPS) is 13.6. The largest absolute Gasteiger partial charge is 0.463 e. The van der Waals surface area contributed by atoms with Crippen LogP contribution in [0.5, 0.6) is 0 Å². The van der Waals surface area contributed by atoms with Crippen LogP contribution in [0, 0.1) is 0 Å². The minimum absolute atomic E-state index is 0.179. The number of hydrogen-bond acceptors (Lipinski definition) is 14. The summed E-state index contributed by atoms with van der Waals surface area (Å²) < 4.78 is 28.5. The molecule has 230 valence electrons. The molecule has 16 heteroatoms.